The molecule has 0 aromatic carbocycles. The molecule has 3 heteroatoms. The molecule has 0 saturated carbocycles. The van der Waals surface area contributed by atoms with Crippen molar-refractivity contribution >= 4 is 15.9 Å². The van der Waals surface area contributed by atoms with Gasteiger partial charge in [0.05, 0.1) is 12.7 Å². The van der Waals surface area contributed by atoms with Gasteiger partial charge in [-0.2, -0.15) is 0 Å². The normalized spacial score (nSPS) is 12.9. The standard InChI is InChI=1S/C13H27BrO2/c1-3-5-7-9-15-12-13(11-14)16-10-8-6-4-2/h13H,3-12H2,1-2H3. The molecule has 0 rings (SSSR count). The van der Waals surface area contributed by atoms with Gasteiger partial charge in [0.2, 0.25) is 0 Å². The Hall–Kier alpha value is 0.400. The topological polar surface area (TPSA) is 18.5 Å². The molecule has 0 fully saturated rings. The Kier molecular flexibility index (Phi) is 13.8. The van der Waals surface area contributed by atoms with Crippen LogP contribution in [0, 0.1) is 0 Å². The lowest BCUT2D eigenvalue weighted by molar-refractivity contribution is -0.00547. The number of halogens is 1. The highest BCUT2D eigenvalue weighted by atomic mass is 79.9. The van der Waals surface area contributed by atoms with E-state index in [2.05, 4.69) is 29.8 Å². The van der Waals surface area contributed by atoms with Crippen LogP contribution in [0.15, 0.2) is 0 Å². The first-order valence-electron chi connectivity index (χ1n) is 6.60. The highest BCUT2D eigenvalue weighted by molar-refractivity contribution is 9.09. The fraction of sp³-hybridized carbons (Fsp3) is 1.00. The smallest absolute Gasteiger partial charge is 0.0904 e. The molecule has 0 bridgehead atoms. The van der Waals surface area contributed by atoms with Crippen molar-refractivity contribution in [1.29, 1.82) is 0 Å². The van der Waals surface area contributed by atoms with Gasteiger partial charge in [-0.15, -0.1) is 0 Å². The van der Waals surface area contributed by atoms with E-state index in [0.717, 1.165) is 31.6 Å². The minimum atomic E-state index is 0.221. The highest BCUT2D eigenvalue weighted by Crippen LogP contribution is 2.03. The molecule has 1 atom stereocenters. The number of alkyl halides is 1. The minimum absolute atomic E-state index is 0.221. The zero-order valence-corrected chi connectivity index (χ0v) is 12.4. The van der Waals surface area contributed by atoms with Crippen LogP contribution in [0.3, 0.4) is 0 Å². The fourth-order valence-corrected chi connectivity index (χ4v) is 1.78. The van der Waals surface area contributed by atoms with Crippen LogP contribution in [0.4, 0.5) is 0 Å². The Morgan fingerprint density at radius 3 is 2.12 bits per heavy atom. The van der Waals surface area contributed by atoms with E-state index in [1.54, 1.807) is 0 Å². The van der Waals surface area contributed by atoms with Gasteiger partial charge < -0.3 is 9.47 Å². The van der Waals surface area contributed by atoms with Gasteiger partial charge in [0.25, 0.3) is 0 Å². The van der Waals surface area contributed by atoms with E-state index in [0.29, 0.717) is 0 Å². The number of hydrogen-bond donors (Lipinski definition) is 0. The van der Waals surface area contributed by atoms with Crippen molar-refractivity contribution in [3.05, 3.63) is 0 Å². The lowest BCUT2D eigenvalue weighted by Crippen LogP contribution is -2.22. The van der Waals surface area contributed by atoms with Crippen LogP contribution in [0.5, 0.6) is 0 Å². The predicted molar refractivity (Wildman–Crippen MR) is 73.4 cm³/mol. The molecule has 0 N–H and O–H groups in total. The van der Waals surface area contributed by atoms with Crippen LogP contribution in [0.1, 0.15) is 52.4 Å². The van der Waals surface area contributed by atoms with E-state index in [-0.39, 0.29) is 6.10 Å². The summed E-state index contributed by atoms with van der Waals surface area (Å²) in [6.07, 6.45) is 7.56. The second-order valence-electron chi connectivity index (χ2n) is 4.14. The van der Waals surface area contributed by atoms with E-state index in [4.69, 9.17) is 9.47 Å². The number of rotatable bonds is 12. The first kappa shape index (κ1) is 16.4. The average molecular weight is 295 g/mol. The third-order valence-corrected chi connectivity index (χ3v) is 3.19. The summed E-state index contributed by atoms with van der Waals surface area (Å²) in [5, 5.41) is 0.868. The third-order valence-electron chi connectivity index (χ3n) is 2.47. The molecule has 0 spiro atoms. The van der Waals surface area contributed by atoms with Crippen LogP contribution in [0.2, 0.25) is 0 Å². The minimum Gasteiger partial charge on any atom is -0.379 e. The van der Waals surface area contributed by atoms with Crippen molar-refractivity contribution < 1.29 is 9.47 Å². The van der Waals surface area contributed by atoms with Crippen LogP contribution in [0.25, 0.3) is 0 Å². The molecule has 0 aromatic rings. The Bertz CT molecular complexity index is 131. The Morgan fingerprint density at radius 2 is 1.56 bits per heavy atom. The van der Waals surface area contributed by atoms with Crippen LogP contribution >= 0.6 is 15.9 Å². The van der Waals surface area contributed by atoms with Gasteiger partial charge in [0.1, 0.15) is 0 Å². The average Bonchev–Trinajstić information content (AvgIpc) is 2.31. The van der Waals surface area contributed by atoms with E-state index < -0.39 is 0 Å². The quantitative estimate of drug-likeness (QED) is 0.397. The zero-order chi connectivity index (χ0) is 12.1. The summed E-state index contributed by atoms with van der Waals surface area (Å²) < 4.78 is 11.3. The van der Waals surface area contributed by atoms with Crippen LogP contribution < -0.4 is 0 Å². The Balaban J connectivity index is 3.29. The molecular weight excluding hydrogens is 268 g/mol. The maximum absolute atomic E-state index is 5.73. The van der Waals surface area contributed by atoms with Gasteiger partial charge in [0.15, 0.2) is 0 Å². The first-order chi connectivity index (χ1) is 7.85. The Labute approximate surface area is 109 Å². The fourth-order valence-electron chi connectivity index (χ4n) is 1.41. The molecule has 2 nitrogen and oxygen atoms in total. The zero-order valence-electron chi connectivity index (χ0n) is 10.8. The van der Waals surface area contributed by atoms with E-state index in [9.17, 15) is 0 Å². The summed E-state index contributed by atoms with van der Waals surface area (Å²) in [5.41, 5.74) is 0. The van der Waals surface area contributed by atoms with Gasteiger partial charge in [0, 0.05) is 18.5 Å². The van der Waals surface area contributed by atoms with E-state index in [1.807, 2.05) is 0 Å². The maximum atomic E-state index is 5.73. The van der Waals surface area contributed by atoms with E-state index in [1.165, 1.54) is 32.1 Å². The summed E-state index contributed by atoms with van der Waals surface area (Å²) in [6, 6.07) is 0. The molecule has 0 amide bonds. The molecule has 98 valence electrons. The highest BCUT2D eigenvalue weighted by Gasteiger charge is 2.06. The summed E-state index contributed by atoms with van der Waals surface area (Å²) >= 11 is 3.46. The molecule has 0 aliphatic rings. The predicted octanol–water partition coefficient (Wildman–Crippen LogP) is 4.16. The number of unbranched alkanes of at least 4 members (excludes halogenated alkanes) is 4. The van der Waals surface area contributed by atoms with E-state index >= 15 is 0 Å². The summed E-state index contributed by atoms with van der Waals surface area (Å²) in [5.74, 6) is 0. The molecule has 0 aromatic heterocycles. The maximum Gasteiger partial charge on any atom is 0.0904 e. The largest absolute Gasteiger partial charge is 0.379 e. The lowest BCUT2D eigenvalue weighted by atomic mass is 10.3. The van der Waals surface area contributed by atoms with Gasteiger partial charge in [-0.25, -0.2) is 0 Å². The number of ether oxygens (including phenoxy) is 2. The molecule has 0 heterocycles. The summed E-state index contributed by atoms with van der Waals surface area (Å²) in [6.45, 7) is 6.87. The molecule has 0 aliphatic carbocycles. The molecule has 0 saturated heterocycles. The van der Waals surface area contributed by atoms with Gasteiger partial charge in [-0.3, -0.25) is 0 Å². The van der Waals surface area contributed by atoms with Crippen molar-refractivity contribution in [1.82, 2.24) is 0 Å². The number of hydrogen-bond acceptors (Lipinski definition) is 2. The monoisotopic (exact) mass is 294 g/mol. The third kappa shape index (κ3) is 10.9. The van der Waals surface area contributed by atoms with Crippen molar-refractivity contribution in [2.75, 3.05) is 25.2 Å². The van der Waals surface area contributed by atoms with Gasteiger partial charge >= 0.3 is 0 Å². The lowest BCUT2D eigenvalue weighted by Gasteiger charge is -2.15. The van der Waals surface area contributed by atoms with Crippen LogP contribution in [-0.4, -0.2) is 31.3 Å². The van der Waals surface area contributed by atoms with Crippen molar-refractivity contribution in [2.45, 2.75) is 58.5 Å². The first-order valence-corrected chi connectivity index (χ1v) is 7.72. The van der Waals surface area contributed by atoms with Gasteiger partial charge in [-0.1, -0.05) is 55.5 Å². The molecular formula is C13H27BrO2. The van der Waals surface area contributed by atoms with Crippen molar-refractivity contribution in [2.24, 2.45) is 0 Å². The Morgan fingerprint density at radius 1 is 0.938 bits per heavy atom. The second-order valence-corrected chi connectivity index (χ2v) is 4.78. The molecule has 0 radical (unpaired) electrons. The van der Waals surface area contributed by atoms with Crippen molar-refractivity contribution in [3.63, 3.8) is 0 Å². The second kappa shape index (κ2) is 13.5. The van der Waals surface area contributed by atoms with Crippen molar-refractivity contribution in [3.8, 4) is 0 Å². The molecule has 1 unspecified atom stereocenters. The summed E-state index contributed by atoms with van der Waals surface area (Å²) in [7, 11) is 0. The molecule has 16 heavy (non-hydrogen) atoms. The van der Waals surface area contributed by atoms with Crippen LogP contribution in [-0.2, 0) is 9.47 Å². The SMILES string of the molecule is CCCCCOCC(CBr)OCCCCC. The molecule has 0 aliphatic heterocycles. The summed E-state index contributed by atoms with van der Waals surface area (Å²) in [4.78, 5) is 0. The van der Waals surface area contributed by atoms with Gasteiger partial charge in [-0.05, 0) is 12.8 Å².